The van der Waals surface area contributed by atoms with E-state index in [4.69, 9.17) is 23.7 Å². The molecule has 1 amide bonds. The zero-order valence-corrected chi connectivity index (χ0v) is 28.0. The zero-order chi connectivity index (χ0) is 34.5. The molecular weight excluding hydrogens is 612 g/mol. The van der Waals surface area contributed by atoms with Gasteiger partial charge in [0.25, 0.3) is 0 Å². The molecule has 1 saturated carbocycles. The number of aromatic nitrogens is 1. The summed E-state index contributed by atoms with van der Waals surface area (Å²) < 4.78 is 30.4. The van der Waals surface area contributed by atoms with Gasteiger partial charge in [0.2, 0.25) is 0 Å². The summed E-state index contributed by atoms with van der Waals surface area (Å²) in [5, 5.41) is 33.7. The fraction of sp³-hybridized carbons (Fsp3) is 0.676. The number of carbonyl (C=O) groups is 3. The van der Waals surface area contributed by atoms with Gasteiger partial charge in [-0.15, -0.1) is 0 Å². The Bertz CT molecular complexity index is 1390. The van der Waals surface area contributed by atoms with Gasteiger partial charge in [-0.25, -0.2) is 14.4 Å². The van der Waals surface area contributed by atoms with Gasteiger partial charge in [-0.1, -0.05) is 39.0 Å². The van der Waals surface area contributed by atoms with Crippen LogP contribution in [0.1, 0.15) is 58.5 Å². The Morgan fingerprint density at radius 2 is 1.96 bits per heavy atom. The number of ether oxygens (including phenoxy) is 5. The fourth-order valence-electron chi connectivity index (χ4n) is 8.17. The molecule has 12 atom stereocenters. The number of esters is 2. The minimum absolute atomic E-state index is 0.173. The van der Waals surface area contributed by atoms with E-state index >= 15 is 0 Å². The second-order valence-corrected chi connectivity index (χ2v) is 14.1. The molecule has 2 aliphatic heterocycles. The van der Waals surface area contributed by atoms with Crippen molar-refractivity contribution in [2.45, 2.75) is 95.7 Å². The molecule has 13 nitrogen and oxygen atoms in total. The maximum atomic E-state index is 13.6. The topological polar surface area (TPSA) is 186 Å². The van der Waals surface area contributed by atoms with Crippen molar-refractivity contribution < 1.29 is 53.4 Å². The molecule has 0 aromatic carbocycles. The third kappa shape index (κ3) is 5.90. The van der Waals surface area contributed by atoms with E-state index in [-0.39, 0.29) is 6.42 Å². The Balaban J connectivity index is 1.52. The Morgan fingerprint density at radius 1 is 1.26 bits per heavy atom. The van der Waals surface area contributed by atoms with E-state index in [1.54, 1.807) is 25.3 Å². The fourth-order valence-corrected chi connectivity index (χ4v) is 8.17. The van der Waals surface area contributed by atoms with E-state index < -0.39 is 108 Å². The van der Waals surface area contributed by atoms with E-state index in [0.717, 1.165) is 5.57 Å². The number of nitrogens with one attached hydrogen (secondary N) is 2. The maximum absolute atomic E-state index is 13.6. The molecule has 3 heterocycles. The first-order chi connectivity index (χ1) is 22.1. The van der Waals surface area contributed by atoms with Gasteiger partial charge in [0.1, 0.15) is 35.7 Å². The molecule has 4 aliphatic rings. The lowest BCUT2D eigenvalue weighted by Crippen LogP contribution is -2.61. The molecule has 4 bridgehead atoms. The molecule has 13 heteroatoms. The van der Waals surface area contributed by atoms with Crippen molar-refractivity contribution in [2.75, 3.05) is 20.3 Å². The van der Waals surface area contributed by atoms with Crippen LogP contribution in [-0.2, 0) is 28.5 Å². The minimum atomic E-state index is -1.31. The van der Waals surface area contributed by atoms with Gasteiger partial charge in [-0.3, -0.25) is 0 Å². The van der Waals surface area contributed by atoms with Crippen LogP contribution in [0.5, 0.6) is 0 Å². The first-order valence-electron chi connectivity index (χ1n) is 16.2. The molecule has 5 rings (SSSR count). The molecule has 1 aromatic heterocycles. The highest BCUT2D eigenvalue weighted by atomic mass is 16.6. The number of cyclic esters (lactones) is 1. The normalized spacial score (nSPS) is 39.9. The molecule has 2 aliphatic carbocycles. The number of aromatic amines is 1. The molecule has 1 spiro atoms. The van der Waals surface area contributed by atoms with Crippen LogP contribution in [-0.4, -0.2) is 106 Å². The van der Waals surface area contributed by atoms with Gasteiger partial charge in [0.15, 0.2) is 6.10 Å². The number of carbonyl (C=O) groups excluding carboxylic acids is 3. The number of H-pyrrole nitrogens is 1. The van der Waals surface area contributed by atoms with Crippen LogP contribution in [0.25, 0.3) is 0 Å². The van der Waals surface area contributed by atoms with Gasteiger partial charge in [-0.05, 0) is 44.9 Å². The van der Waals surface area contributed by atoms with E-state index in [1.165, 1.54) is 14.0 Å². The van der Waals surface area contributed by atoms with Gasteiger partial charge < -0.3 is 49.3 Å². The number of rotatable bonds is 8. The van der Waals surface area contributed by atoms with Crippen LogP contribution in [0, 0.1) is 29.1 Å². The summed E-state index contributed by atoms with van der Waals surface area (Å²) in [6.45, 7) is 9.64. The smallest absolute Gasteiger partial charge is 0.408 e. The van der Waals surface area contributed by atoms with E-state index in [0.29, 0.717) is 5.69 Å². The van der Waals surface area contributed by atoms with Crippen LogP contribution in [0.15, 0.2) is 42.1 Å². The van der Waals surface area contributed by atoms with Crippen molar-refractivity contribution in [3.8, 4) is 0 Å². The average molecular weight is 661 g/mol. The van der Waals surface area contributed by atoms with Crippen molar-refractivity contribution in [3.05, 3.63) is 47.8 Å². The number of hydrogen-bond acceptors (Lipinski definition) is 11. The summed E-state index contributed by atoms with van der Waals surface area (Å²) in [7, 11) is 1.42. The quantitative estimate of drug-likeness (QED) is 0.157. The Morgan fingerprint density at radius 3 is 2.57 bits per heavy atom. The predicted octanol–water partition coefficient (Wildman–Crippen LogP) is 2.27. The lowest BCUT2D eigenvalue weighted by molar-refractivity contribution is -0.172. The molecule has 47 heavy (non-hydrogen) atoms. The third-order valence-electron chi connectivity index (χ3n) is 10.8. The first kappa shape index (κ1) is 35.1. The highest BCUT2D eigenvalue weighted by Crippen LogP contribution is 2.66. The molecule has 0 radical (unpaired) electrons. The first-order valence-corrected chi connectivity index (χ1v) is 16.2. The maximum Gasteiger partial charge on any atom is 0.408 e. The molecule has 0 unspecified atom stereocenters. The van der Waals surface area contributed by atoms with Gasteiger partial charge in [-0.2, -0.15) is 0 Å². The summed E-state index contributed by atoms with van der Waals surface area (Å²) in [6, 6.07) is 3.33. The second-order valence-electron chi connectivity index (χ2n) is 14.1. The van der Waals surface area contributed by atoms with Crippen molar-refractivity contribution in [3.63, 3.8) is 0 Å². The summed E-state index contributed by atoms with van der Waals surface area (Å²) in [5.74, 6) is -3.01. The number of alkyl carbamates (subject to hydrolysis) is 1. The lowest BCUT2D eigenvalue weighted by Gasteiger charge is -2.53. The van der Waals surface area contributed by atoms with Gasteiger partial charge >= 0.3 is 18.0 Å². The number of aliphatic hydroxyl groups is 3. The summed E-state index contributed by atoms with van der Waals surface area (Å²) in [6.07, 6.45) is 1.65. The van der Waals surface area contributed by atoms with Gasteiger partial charge in [0, 0.05) is 42.4 Å². The number of aliphatic hydroxyl groups excluding tert-OH is 3. The SMILES string of the molecule is CO[C@H]1C[C@H]2C=C[C@]3(C)[C@H]4[C@H](O)[C@@H](C)[C@@H](OC(=O)c5ccc[nH]5)[C@@H]3O[C@@]24/C(C)=C/[C@@H](C)[C@@H]([C@@H](C)OC(=O)NC(C)(CO)CO)OC1=O. The van der Waals surface area contributed by atoms with Crippen molar-refractivity contribution in [1.82, 2.24) is 10.3 Å². The Hall–Kier alpha value is -3.23. The molecule has 2 fully saturated rings. The molecule has 260 valence electrons. The van der Waals surface area contributed by atoms with E-state index in [9.17, 15) is 29.7 Å². The third-order valence-corrected chi connectivity index (χ3v) is 10.8. The van der Waals surface area contributed by atoms with Crippen molar-refractivity contribution >= 4 is 18.0 Å². The zero-order valence-electron chi connectivity index (χ0n) is 28.0. The molecule has 5 N–H and O–H groups in total. The minimum Gasteiger partial charge on any atom is -0.456 e. The molecular formula is C34H48N2O11. The predicted molar refractivity (Wildman–Crippen MR) is 167 cm³/mol. The highest BCUT2D eigenvalue weighted by molar-refractivity contribution is 5.87. The van der Waals surface area contributed by atoms with Crippen LogP contribution in [0.2, 0.25) is 0 Å². The summed E-state index contributed by atoms with van der Waals surface area (Å²) in [4.78, 5) is 42.4. The van der Waals surface area contributed by atoms with Crippen LogP contribution >= 0.6 is 0 Å². The van der Waals surface area contributed by atoms with Crippen LogP contribution in [0.4, 0.5) is 4.79 Å². The molecule has 1 saturated heterocycles. The Labute approximate surface area is 274 Å². The molecule has 1 aromatic rings. The van der Waals surface area contributed by atoms with Crippen LogP contribution in [0.3, 0.4) is 0 Å². The number of methoxy groups -OCH3 is 1. The number of hydrogen-bond donors (Lipinski definition) is 5. The van der Waals surface area contributed by atoms with Crippen molar-refractivity contribution in [1.29, 1.82) is 0 Å². The lowest BCUT2D eigenvalue weighted by atomic mass is 9.51. The standard InChI is InChI=1S/C34H48N2O11/c1-17-13-18(2)34-21(14-23(43-7)30(41)45-25(17)20(4)44-31(42)36-32(5,15-37)16-38)10-11-33(6)27(34)24(39)19(3)26(28(33)47-34)46-29(40)22-9-8-12-35-22/h8-13,17,19-21,23-28,35,37-39H,14-16H2,1-7H3,(H,36,42)/b18-13+/t17-,19-,20-,21-,23+,24-,25+,26-,27-,28+,33-,34+/m1/s1. The van der Waals surface area contributed by atoms with Crippen LogP contribution < -0.4 is 5.32 Å². The average Bonchev–Trinajstić information content (AvgIpc) is 3.61. The highest BCUT2D eigenvalue weighted by Gasteiger charge is 2.73. The van der Waals surface area contributed by atoms with E-state index in [2.05, 4.69) is 10.3 Å². The van der Waals surface area contributed by atoms with E-state index in [1.807, 2.05) is 45.9 Å². The number of amides is 1. The second kappa shape index (κ2) is 13.0. The van der Waals surface area contributed by atoms with Gasteiger partial charge in [0.05, 0.1) is 24.9 Å². The summed E-state index contributed by atoms with van der Waals surface area (Å²) in [5.41, 5.74) is -2.03. The monoisotopic (exact) mass is 660 g/mol. The largest absolute Gasteiger partial charge is 0.456 e. The summed E-state index contributed by atoms with van der Waals surface area (Å²) >= 11 is 0. The van der Waals surface area contributed by atoms with Crippen molar-refractivity contribution in [2.24, 2.45) is 29.1 Å². The Kier molecular flexibility index (Phi) is 9.70.